The van der Waals surface area contributed by atoms with E-state index in [0.717, 1.165) is 0 Å². The first-order valence-corrected chi connectivity index (χ1v) is 10.5. The topological polar surface area (TPSA) is 66.9 Å². The summed E-state index contributed by atoms with van der Waals surface area (Å²) < 4.78 is 32.1. The predicted octanol–water partition coefficient (Wildman–Crippen LogP) is 2.91. The Balaban J connectivity index is 1.55. The van der Waals surface area contributed by atoms with Crippen LogP contribution in [0.4, 0.5) is 0 Å². The highest BCUT2D eigenvalue weighted by atomic mass is 35.5. The number of ether oxygens (including phenoxy) is 1. The van der Waals surface area contributed by atoms with Crippen LogP contribution in [0.1, 0.15) is 0 Å². The summed E-state index contributed by atoms with van der Waals surface area (Å²) in [6.45, 7) is 0.959. The maximum atomic E-state index is 12.7. The highest BCUT2D eigenvalue weighted by molar-refractivity contribution is 7.89. The number of carbonyl (C=O) groups is 1. The van der Waals surface area contributed by atoms with Crippen molar-refractivity contribution in [2.75, 3.05) is 32.8 Å². The van der Waals surface area contributed by atoms with E-state index in [0.29, 0.717) is 28.9 Å². The summed E-state index contributed by atoms with van der Waals surface area (Å²) in [6.07, 6.45) is 0. The van der Waals surface area contributed by atoms with Crippen molar-refractivity contribution in [1.82, 2.24) is 9.21 Å². The maximum Gasteiger partial charge on any atom is 0.260 e. The summed E-state index contributed by atoms with van der Waals surface area (Å²) >= 11 is 11.7. The van der Waals surface area contributed by atoms with Crippen LogP contribution in [0.2, 0.25) is 10.0 Å². The second kappa shape index (κ2) is 8.48. The molecule has 1 saturated heterocycles. The summed E-state index contributed by atoms with van der Waals surface area (Å²) in [5.74, 6) is 0.318. The average molecular weight is 429 g/mol. The third-order valence-electron chi connectivity index (χ3n) is 4.20. The normalized spacial score (nSPS) is 15.6. The standard InChI is InChI=1S/C18H18Cl2N2O4S/c19-14-4-6-17(7-5-14)27(24,25)22-10-8-21(9-11-22)18(23)13-26-16-3-1-2-15(20)12-16/h1-7,12H,8-11,13H2. The van der Waals surface area contributed by atoms with Crippen molar-refractivity contribution in [3.63, 3.8) is 0 Å². The largest absolute Gasteiger partial charge is 0.484 e. The fourth-order valence-corrected chi connectivity index (χ4v) is 4.46. The molecule has 1 heterocycles. The quantitative estimate of drug-likeness (QED) is 0.733. The van der Waals surface area contributed by atoms with Crippen LogP contribution in [0.25, 0.3) is 0 Å². The van der Waals surface area contributed by atoms with Gasteiger partial charge in [0.05, 0.1) is 4.90 Å². The number of piperazine rings is 1. The first kappa shape index (κ1) is 19.9. The maximum absolute atomic E-state index is 12.7. The van der Waals surface area contributed by atoms with Gasteiger partial charge >= 0.3 is 0 Å². The first-order valence-electron chi connectivity index (χ1n) is 8.28. The van der Waals surface area contributed by atoms with Gasteiger partial charge in [0.15, 0.2) is 6.61 Å². The summed E-state index contributed by atoms with van der Waals surface area (Å²) in [6, 6.07) is 12.9. The van der Waals surface area contributed by atoms with Crippen molar-refractivity contribution in [2.45, 2.75) is 4.90 Å². The number of sulfonamides is 1. The number of amides is 1. The van der Waals surface area contributed by atoms with E-state index in [1.807, 2.05) is 0 Å². The van der Waals surface area contributed by atoms with E-state index in [4.69, 9.17) is 27.9 Å². The van der Waals surface area contributed by atoms with Crippen LogP contribution in [0.5, 0.6) is 5.75 Å². The van der Waals surface area contributed by atoms with Crippen LogP contribution in [0, 0.1) is 0 Å². The molecule has 0 unspecified atom stereocenters. The summed E-state index contributed by atoms with van der Waals surface area (Å²) in [4.78, 5) is 14.1. The molecule has 27 heavy (non-hydrogen) atoms. The van der Waals surface area contributed by atoms with Gasteiger partial charge in [-0.25, -0.2) is 8.42 Å². The average Bonchev–Trinajstić information content (AvgIpc) is 2.66. The molecule has 0 bridgehead atoms. The molecule has 1 aliphatic rings. The smallest absolute Gasteiger partial charge is 0.260 e. The van der Waals surface area contributed by atoms with Crippen LogP contribution >= 0.6 is 23.2 Å². The van der Waals surface area contributed by atoms with Crippen LogP contribution in [-0.4, -0.2) is 56.3 Å². The number of hydrogen-bond donors (Lipinski definition) is 0. The van der Waals surface area contributed by atoms with Gasteiger partial charge in [-0.1, -0.05) is 29.3 Å². The highest BCUT2D eigenvalue weighted by Crippen LogP contribution is 2.20. The Morgan fingerprint density at radius 3 is 2.26 bits per heavy atom. The van der Waals surface area contributed by atoms with Crippen molar-refractivity contribution < 1.29 is 17.9 Å². The molecule has 0 atom stereocenters. The molecule has 0 aliphatic carbocycles. The molecule has 0 spiro atoms. The molecule has 0 N–H and O–H groups in total. The minimum absolute atomic E-state index is 0.121. The minimum atomic E-state index is -3.60. The fourth-order valence-electron chi connectivity index (χ4n) is 2.73. The highest BCUT2D eigenvalue weighted by Gasteiger charge is 2.30. The molecule has 0 radical (unpaired) electrons. The van der Waals surface area contributed by atoms with Gasteiger partial charge in [-0.3, -0.25) is 4.79 Å². The number of carbonyl (C=O) groups excluding carboxylic acids is 1. The summed E-state index contributed by atoms with van der Waals surface area (Å²) in [5.41, 5.74) is 0. The van der Waals surface area contributed by atoms with Crippen molar-refractivity contribution in [2.24, 2.45) is 0 Å². The monoisotopic (exact) mass is 428 g/mol. The van der Waals surface area contributed by atoms with Crippen LogP contribution in [0.3, 0.4) is 0 Å². The summed E-state index contributed by atoms with van der Waals surface area (Å²) in [5, 5.41) is 1.00. The van der Waals surface area contributed by atoms with Gasteiger partial charge in [-0.15, -0.1) is 0 Å². The number of hydrogen-bond acceptors (Lipinski definition) is 4. The van der Waals surface area contributed by atoms with E-state index in [1.165, 1.54) is 16.4 Å². The third kappa shape index (κ3) is 4.93. The van der Waals surface area contributed by atoms with Crippen LogP contribution < -0.4 is 4.74 Å². The van der Waals surface area contributed by atoms with E-state index >= 15 is 0 Å². The Bertz CT molecular complexity index is 911. The third-order valence-corrected chi connectivity index (χ3v) is 6.60. The predicted molar refractivity (Wildman–Crippen MR) is 104 cm³/mol. The Kier molecular flexibility index (Phi) is 6.26. The van der Waals surface area contributed by atoms with Crippen molar-refractivity contribution in [1.29, 1.82) is 0 Å². The lowest BCUT2D eigenvalue weighted by Gasteiger charge is -2.34. The van der Waals surface area contributed by atoms with Gasteiger partial charge in [0.1, 0.15) is 5.75 Å². The van der Waals surface area contributed by atoms with Gasteiger partial charge in [-0.05, 0) is 42.5 Å². The molecular formula is C18H18Cl2N2O4S. The van der Waals surface area contributed by atoms with Crippen molar-refractivity contribution >= 4 is 39.1 Å². The number of benzene rings is 2. The number of halogens is 2. The summed E-state index contributed by atoms with van der Waals surface area (Å²) in [7, 11) is -3.60. The Morgan fingerprint density at radius 2 is 1.63 bits per heavy atom. The molecule has 0 aromatic heterocycles. The second-order valence-electron chi connectivity index (χ2n) is 5.98. The van der Waals surface area contributed by atoms with Crippen LogP contribution in [-0.2, 0) is 14.8 Å². The molecule has 3 rings (SSSR count). The zero-order chi connectivity index (χ0) is 19.4. The molecule has 1 aliphatic heterocycles. The second-order valence-corrected chi connectivity index (χ2v) is 8.80. The minimum Gasteiger partial charge on any atom is -0.484 e. The Labute approximate surface area is 168 Å². The van der Waals surface area contributed by atoms with E-state index in [1.54, 1.807) is 41.3 Å². The van der Waals surface area contributed by atoms with Gasteiger partial charge in [0.25, 0.3) is 5.91 Å². The molecule has 2 aromatic rings. The number of nitrogens with zero attached hydrogens (tertiary/aromatic N) is 2. The SMILES string of the molecule is O=C(COc1cccc(Cl)c1)N1CCN(S(=O)(=O)c2ccc(Cl)cc2)CC1. The molecule has 1 fully saturated rings. The lowest BCUT2D eigenvalue weighted by atomic mass is 10.3. The van der Waals surface area contributed by atoms with Crippen molar-refractivity contribution in [3.8, 4) is 5.75 Å². The van der Waals surface area contributed by atoms with Gasteiger partial charge in [-0.2, -0.15) is 4.31 Å². The lowest BCUT2D eigenvalue weighted by Crippen LogP contribution is -2.51. The van der Waals surface area contributed by atoms with E-state index in [-0.39, 0.29) is 30.5 Å². The fraction of sp³-hybridized carbons (Fsp3) is 0.278. The number of rotatable bonds is 5. The molecule has 6 nitrogen and oxygen atoms in total. The molecule has 9 heteroatoms. The molecule has 0 saturated carbocycles. The first-order chi connectivity index (χ1) is 12.9. The lowest BCUT2D eigenvalue weighted by molar-refractivity contribution is -0.134. The molecule has 1 amide bonds. The Hall–Kier alpha value is -1.80. The van der Waals surface area contributed by atoms with Crippen molar-refractivity contribution in [3.05, 3.63) is 58.6 Å². The van der Waals surface area contributed by atoms with E-state index < -0.39 is 10.0 Å². The van der Waals surface area contributed by atoms with E-state index in [9.17, 15) is 13.2 Å². The van der Waals surface area contributed by atoms with Gasteiger partial charge in [0, 0.05) is 36.2 Å². The molecular weight excluding hydrogens is 411 g/mol. The zero-order valence-corrected chi connectivity index (χ0v) is 16.7. The van der Waals surface area contributed by atoms with Gasteiger partial charge < -0.3 is 9.64 Å². The van der Waals surface area contributed by atoms with E-state index in [2.05, 4.69) is 0 Å². The molecule has 2 aromatic carbocycles. The Morgan fingerprint density at radius 1 is 0.963 bits per heavy atom. The van der Waals surface area contributed by atoms with Gasteiger partial charge in [0.2, 0.25) is 10.0 Å². The molecule has 144 valence electrons. The zero-order valence-electron chi connectivity index (χ0n) is 14.3. The van der Waals surface area contributed by atoms with Crippen LogP contribution in [0.15, 0.2) is 53.4 Å².